The molecule has 33 heavy (non-hydrogen) atoms. The number of hydrogen-bond donors (Lipinski definition) is 0. The molecule has 2 aromatic carbocycles. The highest BCUT2D eigenvalue weighted by Gasteiger charge is 2.38. The molecule has 176 valence electrons. The van der Waals surface area contributed by atoms with Crippen LogP contribution in [-0.4, -0.2) is 63.7 Å². The van der Waals surface area contributed by atoms with Crippen molar-refractivity contribution in [3.8, 4) is 5.75 Å². The van der Waals surface area contributed by atoms with E-state index in [0.29, 0.717) is 31.1 Å². The van der Waals surface area contributed by atoms with Gasteiger partial charge in [0.2, 0.25) is 11.8 Å². The zero-order valence-electron chi connectivity index (χ0n) is 19.7. The van der Waals surface area contributed by atoms with Crippen LogP contribution in [0.15, 0.2) is 48.5 Å². The van der Waals surface area contributed by atoms with E-state index in [-0.39, 0.29) is 30.3 Å². The van der Waals surface area contributed by atoms with Gasteiger partial charge in [-0.05, 0) is 42.7 Å². The maximum absolute atomic E-state index is 13.6. The van der Waals surface area contributed by atoms with E-state index in [0.717, 1.165) is 30.7 Å². The first-order chi connectivity index (χ1) is 16.0. The van der Waals surface area contributed by atoms with Gasteiger partial charge in [0.15, 0.2) is 0 Å². The fraction of sp³-hybridized carbons (Fsp3) is 0.462. The first kappa shape index (κ1) is 23.1. The summed E-state index contributed by atoms with van der Waals surface area (Å²) in [6, 6.07) is 15.7. The number of carbonyl (C=O) groups is 2. The first-order valence-electron chi connectivity index (χ1n) is 11.6. The van der Waals surface area contributed by atoms with Crippen molar-refractivity contribution in [2.24, 2.45) is 5.92 Å². The van der Waals surface area contributed by atoms with Gasteiger partial charge in [-0.25, -0.2) is 0 Å². The Hall–Kier alpha value is -3.06. The maximum Gasteiger partial charge on any atom is 0.228 e. The lowest BCUT2D eigenvalue weighted by atomic mass is 10.1. The highest BCUT2D eigenvalue weighted by Crippen LogP contribution is 2.33. The van der Waals surface area contributed by atoms with Gasteiger partial charge >= 0.3 is 0 Å². The number of nitrogens with zero attached hydrogens (tertiary/aromatic N) is 3. The third-order valence-electron chi connectivity index (χ3n) is 6.44. The summed E-state index contributed by atoms with van der Waals surface area (Å²) in [6.45, 7) is 2.16. The number of ether oxygens (including phenoxy) is 2. The second kappa shape index (κ2) is 10.3. The molecule has 2 fully saturated rings. The third kappa shape index (κ3) is 5.30. The summed E-state index contributed by atoms with van der Waals surface area (Å²) in [6.07, 6.45) is 2.24. The fourth-order valence-corrected chi connectivity index (χ4v) is 4.60. The molecule has 7 heteroatoms. The van der Waals surface area contributed by atoms with Crippen molar-refractivity contribution in [3.63, 3.8) is 0 Å². The Morgan fingerprint density at radius 2 is 1.91 bits per heavy atom. The highest BCUT2D eigenvalue weighted by molar-refractivity contribution is 6.01. The van der Waals surface area contributed by atoms with Crippen molar-refractivity contribution in [2.45, 2.75) is 31.9 Å². The molecule has 2 amide bonds. The number of anilines is 2. The molecule has 2 saturated heterocycles. The van der Waals surface area contributed by atoms with Crippen LogP contribution in [0.2, 0.25) is 0 Å². The molecule has 2 aromatic rings. The van der Waals surface area contributed by atoms with E-state index in [9.17, 15) is 9.59 Å². The number of benzene rings is 2. The van der Waals surface area contributed by atoms with Crippen molar-refractivity contribution < 1.29 is 19.1 Å². The summed E-state index contributed by atoms with van der Waals surface area (Å²) >= 11 is 0. The minimum absolute atomic E-state index is 0.00735. The van der Waals surface area contributed by atoms with Crippen LogP contribution >= 0.6 is 0 Å². The van der Waals surface area contributed by atoms with Gasteiger partial charge in [0, 0.05) is 52.4 Å². The Morgan fingerprint density at radius 1 is 1.15 bits per heavy atom. The summed E-state index contributed by atoms with van der Waals surface area (Å²) in [5, 5.41) is 0. The molecule has 7 nitrogen and oxygen atoms in total. The molecular formula is C26H33N3O4. The number of carbonyl (C=O) groups excluding carboxylic acids is 2. The minimum atomic E-state index is -0.384. The standard InChI is InChI=1S/C26H33N3O4/c1-27(2)21-12-10-19(11-13-21)16-28(18-22-7-6-14-33-22)26(31)20-15-25(30)29(17-20)23-8-4-5-9-24(23)32-3/h4-5,8-13,20,22H,6-7,14-18H2,1-3H3/t20-,22+/m1/s1. The Bertz CT molecular complexity index is 970. The van der Waals surface area contributed by atoms with Gasteiger partial charge < -0.3 is 24.2 Å². The van der Waals surface area contributed by atoms with Gasteiger partial charge in [0.25, 0.3) is 0 Å². The highest BCUT2D eigenvalue weighted by atomic mass is 16.5. The molecule has 0 saturated carbocycles. The van der Waals surface area contributed by atoms with Crippen LogP contribution < -0.4 is 14.5 Å². The molecule has 0 bridgehead atoms. The number of rotatable bonds is 8. The van der Waals surface area contributed by atoms with Crippen LogP contribution in [0.5, 0.6) is 5.75 Å². The van der Waals surface area contributed by atoms with E-state index < -0.39 is 0 Å². The van der Waals surface area contributed by atoms with E-state index in [1.165, 1.54) is 0 Å². The summed E-state index contributed by atoms with van der Waals surface area (Å²) < 4.78 is 11.3. The van der Waals surface area contributed by atoms with Crippen molar-refractivity contribution in [1.82, 2.24) is 4.90 Å². The van der Waals surface area contributed by atoms with E-state index in [2.05, 4.69) is 29.2 Å². The monoisotopic (exact) mass is 451 g/mol. The number of amides is 2. The van der Waals surface area contributed by atoms with Gasteiger partial charge in [-0.2, -0.15) is 0 Å². The summed E-state index contributed by atoms with van der Waals surface area (Å²) in [5.74, 6) is 0.208. The van der Waals surface area contributed by atoms with Gasteiger partial charge in [0.05, 0.1) is 24.8 Å². The quantitative estimate of drug-likeness (QED) is 0.616. The van der Waals surface area contributed by atoms with Crippen LogP contribution in [-0.2, 0) is 20.9 Å². The van der Waals surface area contributed by atoms with Gasteiger partial charge in [-0.1, -0.05) is 24.3 Å². The lowest BCUT2D eigenvalue weighted by Crippen LogP contribution is -2.41. The average Bonchev–Trinajstić information content (AvgIpc) is 3.48. The molecule has 2 heterocycles. The number of para-hydroxylation sites is 2. The zero-order chi connectivity index (χ0) is 23.4. The lowest BCUT2D eigenvalue weighted by molar-refractivity contribution is -0.138. The maximum atomic E-state index is 13.6. The lowest BCUT2D eigenvalue weighted by Gasteiger charge is -2.28. The number of hydrogen-bond acceptors (Lipinski definition) is 5. The molecule has 0 unspecified atom stereocenters. The molecule has 0 aromatic heterocycles. The molecule has 0 radical (unpaired) electrons. The smallest absolute Gasteiger partial charge is 0.228 e. The Balaban J connectivity index is 1.51. The van der Waals surface area contributed by atoms with Crippen molar-refractivity contribution in [2.75, 3.05) is 50.7 Å². The van der Waals surface area contributed by atoms with E-state index in [1.807, 2.05) is 43.3 Å². The molecule has 2 atom stereocenters. The minimum Gasteiger partial charge on any atom is -0.495 e. The largest absolute Gasteiger partial charge is 0.495 e. The summed E-state index contributed by atoms with van der Waals surface area (Å²) in [7, 11) is 5.60. The van der Waals surface area contributed by atoms with Gasteiger partial charge in [0.1, 0.15) is 5.75 Å². The predicted octanol–water partition coefficient (Wildman–Crippen LogP) is 3.32. The Labute approximate surface area is 195 Å². The second-order valence-corrected chi connectivity index (χ2v) is 8.99. The number of methoxy groups -OCH3 is 1. The van der Waals surface area contributed by atoms with Crippen LogP contribution in [0.4, 0.5) is 11.4 Å². The topological polar surface area (TPSA) is 62.3 Å². The third-order valence-corrected chi connectivity index (χ3v) is 6.44. The van der Waals surface area contributed by atoms with Crippen molar-refractivity contribution >= 4 is 23.2 Å². The molecule has 4 rings (SSSR count). The summed E-state index contributed by atoms with van der Waals surface area (Å²) in [4.78, 5) is 32.1. The molecule has 0 spiro atoms. The second-order valence-electron chi connectivity index (χ2n) is 8.99. The van der Waals surface area contributed by atoms with Crippen LogP contribution in [0.25, 0.3) is 0 Å². The average molecular weight is 452 g/mol. The van der Waals surface area contributed by atoms with Gasteiger partial charge in [-0.3, -0.25) is 9.59 Å². The Kier molecular flexibility index (Phi) is 7.18. The zero-order valence-corrected chi connectivity index (χ0v) is 19.7. The molecule has 0 aliphatic carbocycles. The first-order valence-corrected chi connectivity index (χ1v) is 11.6. The van der Waals surface area contributed by atoms with Gasteiger partial charge in [-0.15, -0.1) is 0 Å². The van der Waals surface area contributed by atoms with E-state index in [1.54, 1.807) is 12.0 Å². The summed E-state index contributed by atoms with van der Waals surface area (Å²) in [5.41, 5.74) is 2.90. The van der Waals surface area contributed by atoms with Crippen molar-refractivity contribution in [3.05, 3.63) is 54.1 Å². The molecule has 2 aliphatic rings. The fourth-order valence-electron chi connectivity index (χ4n) is 4.60. The van der Waals surface area contributed by atoms with Crippen LogP contribution in [0.3, 0.4) is 0 Å². The molecule has 2 aliphatic heterocycles. The SMILES string of the molecule is COc1ccccc1N1C[C@H](C(=O)N(Cc2ccc(N(C)C)cc2)C[C@@H]2CCCO2)CC1=O. The molecular weight excluding hydrogens is 418 g/mol. The van der Waals surface area contributed by atoms with Crippen LogP contribution in [0.1, 0.15) is 24.8 Å². The van der Waals surface area contributed by atoms with Crippen LogP contribution in [0, 0.1) is 5.92 Å². The van der Waals surface area contributed by atoms with Crippen molar-refractivity contribution in [1.29, 1.82) is 0 Å². The molecule has 0 N–H and O–H groups in total. The Morgan fingerprint density at radius 3 is 2.58 bits per heavy atom. The predicted molar refractivity (Wildman–Crippen MR) is 129 cm³/mol. The van der Waals surface area contributed by atoms with E-state index >= 15 is 0 Å². The normalized spacial score (nSPS) is 20.2. The van der Waals surface area contributed by atoms with E-state index in [4.69, 9.17) is 9.47 Å².